The third kappa shape index (κ3) is 2.97. The summed E-state index contributed by atoms with van der Waals surface area (Å²) in [6.45, 7) is 0. The van der Waals surface area contributed by atoms with Crippen LogP contribution in [0, 0.1) is 10.1 Å². The monoisotopic (exact) mass is 320 g/mol. The first kappa shape index (κ1) is 13.2. The van der Waals surface area contributed by atoms with E-state index in [1.807, 2.05) is 0 Å². The van der Waals surface area contributed by atoms with Gasteiger partial charge in [-0.05, 0) is 34.1 Å². The van der Waals surface area contributed by atoms with Crippen LogP contribution in [0.1, 0.15) is 10.4 Å². The number of amides is 1. The average molecular weight is 321 g/mol. The third-order valence-electron chi connectivity index (χ3n) is 2.47. The predicted octanol–water partition coefficient (Wildman–Crippen LogP) is 3.61. The molecule has 0 radical (unpaired) electrons. The van der Waals surface area contributed by atoms with Gasteiger partial charge in [0.1, 0.15) is 5.69 Å². The second-order valence-corrected chi connectivity index (χ2v) is 4.56. The maximum absolute atomic E-state index is 12.0. The van der Waals surface area contributed by atoms with Gasteiger partial charge in [0.05, 0.1) is 10.5 Å². The van der Waals surface area contributed by atoms with Crippen LogP contribution < -0.4 is 5.32 Å². The van der Waals surface area contributed by atoms with E-state index in [1.165, 1.54) is 12.1 Å². The Hall–Kier alpha value is -2.21. The normalized spacial score (nSPS) is 9.95. The number of nitro groups is 1. The lowest BCUT2D eigenvalue weighted by Gasteiger charge is -2.07. The molecule has 0 saturated heterocycles. The van der Waals surface area contributed by atoms with Crippen LogP contribution in [0.4, 0.5) is 11.4 Å². The van der Waals surface area contributed by atoms with Crippen molar-refractivity contribution in [3.63, 3.8) is 0 Å². The summed E-state index contributed by atoms with van der Waals surface area (Å²) in [5, 5.41) is 13.4. The fourth-order valence-electron chi connectivity index (χ4n) is 1.57. The number of nitrogens with zero attached hydrogens (tertiary/aromatic N) is 1. The summed E-state index contributed by atoms with van der Waals surface area (Å²) in [4.78, 5) is 22.4. The van der Waals surface area contributed by atoms with E-state index in [1.54, 1.807) is 36.4 Å². The van der Waals surface area contributed by atoms with Crippen molar-refractivity contribution < 1.29 is 9.72 Å². The number of carbonyl (C=O) groups excluding carboxylic acids is 1. The van der Waals surface area contributed by atoms with Crippen molar-refractivity contribution in [3.8, 4) is 0 Å². The Morgan fingerprint density at radius 1 is 1.11 bits per heavy atom. The summed E-state index contributed by atoms with van der Waals surface area (Å²) in [6.07, 6.45) is 0. The van der Waals surface area contributed by atoms with E-state index in [0.717, 1.165) is 0 Å². The first-order valence-electron chi connectivity index (χ1n) is 5.39. The minimum absolute atomic E-state index is 0.136. The van der Waals surface area contributed by atoms with E-state index in [9.17, 15) is 14.9 Å². The first-order chi connectivity index (χ1) is 9.09. The molecule has 1 amide bonds. The van der Waals surface area contributed by atoms with E-state index >= 15 is 0 Å². The summed E-state index contributed by atoms with van der Waals surface area (Å²) in [5.74, 6) is -0.401. The molecule has 0 unspecified atom stereocenters. The molecule has 2 aromatic carbocycles. The van der Waals surface area contributed by atoms with E-state index in [-0.39, 0.29) is 11.4 Å². The molecule has 0 spiro atoms. The highest BCUT2D eigenvalue weighted by molar-refractivity contribution is 9.10. The number of benzene rings is 2. The van der Waals surface area contributed by atoms with Crippen molar-refractivity contribution in [2.75, 3.05) is 5.32 Å². The number of carbonyl (C=O) groups is 1. The van der Waals surface area contributed by atoms with Gasteiger partial charge in [-0.25, -0.2) is 0 Å². The molecule has 1 N–H and O–H groups in total. The number of anilines is 1. The van der Waals surface area contributed by atoms with Gasteiger partial charge in [0.25, 0.3) is 11.6 Å². The standard InChI is InChI=1S/C13H9BrN2O3/c14-10-6-2-1-5-9(10)13(17)15-11-7-3-4-8-12(11)16(18)19/h1-8H,(H,15,17). The fourth-order valence-corrected chi connectivity index (χ4v) is 2.04. The molecule has 0 aliphatic rings. The first-order valence-corrected chi connectivity index (χ1v) is 6.18. The Labute approximate surface area is 117 Å². The van der Waals surface area contributed by atoms with Crippen LogP contribution in [0.2, 0.25) is 0 Å². The molecule has 5 nitrogen and oxygen atoms in total. The average Bonchev–Trinajstić information content (AvgIpc) is 2.39. The molecular formula is C13H9BrN2O3. The lowest BCUT2D eigenvalue weighted by Crippen LogP contribution is -2.13. The lowest BCUT2D eigenvalue weighted by molar-refractivity contribution is -0.383. The van der Waals surface area contributed by atoms with Crippen LogP contribution in [0.3, 0.4) is 0 Å². The summed E-state index contributed by atoms with van der Waals surface area (Å²) in [6, 6.07) is 12.9. The van der Waals surface area contributed by atoms with Gasteiger partial charge in [-0.15, -0.1) is 0 Å². The molecule has 96 valence electrons. The number of halogens is 1. The molecule has 2 aromatic rings. The van der Waals surface area contributed by atoms with Crippen LogP contribution in [0.15, 0.2) is 53.0 Å². The van der Waals surface area contributed by atoms with Crippen LogP contribution in [-0.4, -0.2) is 10.8 Å². The maximum atomic E-state index is 12.0. The van der Waals surface area contributed by atoms with Crippen molar-refractivity contribution >= 4 is 33.2 Å². The largest absolute Gasteiger partial charge is 0.316 e. The number of rotatable bonds is 3. The van der Waals surface area contributed by atoms with Crippen LogP contribution in [0.5, 0.6) is 0 Å². The SMILES string of the molecule is O=C(Nc1ccccc1[N+](=O)[O-])c1ccccc1Br. The molecule has 0 fully saturated rings. The topological polar surface area (TPSA) is 72.2 Å². The second-order valence-electron chi connectivity index (χ2n) is 3.71. The van der Waals surface area contributed by atoms with Crippen LogP contribution in [0.25, 0.3) is 0 Å². The minimum Gasteiger partial charge on any atom is -0.316 e. The lowest BCUT2D eigenvalue weighted by atomic mass is 10.2. The van der Waals surface area contributed by atoms with Crippen LogP contribution >= 0.6 is 15.9 Å². The quantitative estimate of drug-likeness (QED) is 0.693. The van der Waals surface area contributed by atoms with Crippen LogP contribution in [-0.2, 0) is 0 Å². The zero-order valence-electron chi connectivity index (χ0n) is 9.67. The summed E-state index contributed by atoms with van der Waals surface area (Å²) < 4.78 is 0.631. The molecule has 0 heterocycles. The predicted molar refractivity (Wildman–Crippen MR) is 75.2 cm³/mol. The van der Waals surface area contributed by atoms with Gasteiger partial charge in [0.15, 0.2) is 0 Å². The van der Waals surface area contributed by atoms with Crippen molar-refractivity contribution in [1.82, 2.24) is 0 Å². The molecule has 0 aromatic heterocycles. The second kappa shape index (κ2) is 5.62. The Morgan fingerprint density at radius 2 is 1.74 bits per heavy atom. The Balaban J connectivity index is 2.30. The highest BCUT2D eigenvalue weighted by Crippen LogP contribution is 2.25. The van der Waals surface area contributed by atoms with Gasteiger partial charge in [-0.3, -0.25) is 14.9 Å². The number of nitrogens with one attached hydrogen (secondary N) is 1. The van der Waals surface area contributed by atoms with Gasteiger partial charge in [-0.1, -0.05) is 24.3 Å². The Morgan fingerprint density at radius 3 is 2.42 bits per heavy atom. The Bertz CT molecular complexity index is 643. The number of nitro benzene ring substituents is 1. The molecular weight excluding hydrogens is 312 g/mol. The number of hydrogen-bond acceptors (Lipinski definition) is 3. The highest BCUT2D eigenvalue weighted by atomic mass is 79.9. The zero-order valence-corrected chi connectivity index (χ0v) is 11.3. The Kier molecular flexibility index (Phi) is 3.91. The summed E-state index contributed by atoms with van der Waals surface area (Å²) >= 11 is 3.26. The molecule has 0 bridgehead atoms. The fraction of sp³-hybridized carbons (Fsp3) is 0. The molecule has 0 atom stereocenters. The third-order valence-corrected chi connectivity index (χ3v) is 3.16. The highest BCUT2D eigenvalue weighted by Gasteiger charge is 2.16. The maximum Gasteiger partial charge on any atom is 0.292 e. The van der Waals surface area contributed by atoms with Crippen molar-refractivity contribution in [2.24, 2.45) is 0 Å². The van der Waals surface area contributed by atoms with E-state index in [0.29, 0.717) is 10.0 Å². The van der Waals surface area contributed by atoms with Gasteiger partial charge in [0.2, 0.25) is 0 Å². The van der Waals surface area contributed by atoms with E-state index < -0.39 is 10.8 Å². The van der Waals surface area contributed by atoms with Gasteiger partial charge >= 0.3 is 0 Å². The number of hydrogen-bond donors (Lipinski definition) is 1. The van der Waals surface area contributed by atoms with E-state index in [2.05, 4.69) is 21.2 Å². The molecule has 2 rings (SSSR count). The summed E-state index contributed by atoms with van der Waals surface area (Å²) in [7, 11) is 0. The molecule has 0 saturated carbocycles. The zero-order chi connectivity index (χ0) is 13.8. The smallest absolute Gasteiger partial charge is 0.292 e. The minimum atomic E-state index is -0.532. The van der Waals surface area contributed by atoms with Crippen molar-refractivity contribution in [1.29, 1.82) is 0 Å². The van der Waals surface area contributed by atoms with Gasteiger partial charge in [-0.2, -0.15) is 0 Å². The summed E-state index contributed by atoms with van der Waals surface area (Å²) in [5.41, 5.74) is 0.455. The molecule has 0 aliphatic heterocycles. The van der Waals surface area contributed by atoms with Gasteiger partial charge < -0.3 is 5.32 Å². The van der Waals surface area contributed by atoms with Gasteiger partial charge in [0, 0.05) is 10.5 Å². The molecule has 6 heteroatoms. The van der Waals surface area contributed by atoms with Crippen molar-refractivity contribution in [3.05, 3.63) is 68.7 Å². The van der Waals surface area contributed by atoms with Crippen molar-refractivity contribution in [2.45, 2.75) is 0 Å². The molecule has 19 heavy (non-hydrogen) atoms. The molecule has 0 aliphatic carbocycles. The van der Waals surface area contributed by atoms with E-state index in [4.69, 9.17) is 0 Å². The number of para-hydroxylation sites is 2.